The van der Waals surface area contributed by atoms with E-state index < -0.39 is 4.92 Å². The Bertz CT molecular complexity index is 1260. The summed E-state index contributed by atoms with van der Waals surface area (Å²) in [6.45, 7) is 0.239. The molecule has 0 aliphatic rings. The summed E-state index contributed by atoms with van der Waals surface area (Å²) >= 11 is 1.48. The Kier molecular flexibility index (Phi) is 6.91. The number of hydrogen-bond donors (Lipinski definition) is 1. The molecule has 166 valence electrons. The number of hydrazone groups is 1. The lowest BCUT2D eigenvalue weighted by Crippen LogP contribution is -2.00. The van der Waals surface area contributed by atoms with Crippen molar-refractivity contribution < 1.29 is 14.4 Å². The van der Waals surface area contributed by atoms with Gasteiger partial charge in [0.1, 0.15) is 18.1 Å². The van der Waals surface area contributed by atoms with Crippen molar-refractivity contribution in [3.8, 4) is 22.8 Å². The van der Waals surface area contributed by atoms with Crippen LogP contribution >= 0.6 is 11.3 Å². The lowest BCUT2D eigenvalue weighted by Gasteiger charge is -2.11. The first-order chi connectivity index (χ1) is 16.1. The van der Waals surface area contributed by atoms with Crippen LogP contribution in [-0.2, 0) is 6.61 Å². The van der Waals surface area contributed by atoms with Crippen molar-refractivity contribution in [2.24, 2.45) is 5.10 Å². The van der Waals surface area contributed by atoms with Gasteiger partial charge >= 0.3 is 0 Å². The summed E-state index contributed by atoms with van der Waals surface area (Å²) in [5, 5.41) is 17.7. The number of methoxy groups -OCH3 is 1. The molecule has 0 saturated heterocycles. The Balaban J connectivity index is 1.40. The molecule has 0 amide bonds. The van der Waals surface area contributed by atoms with E-state index in [0.29, 0.717) is 16.6 Å². The number of nitrogens with one attached hydrogen (secondary N) is 1. The normalized spacial score (nSPS) is 10.8. The van der Waals surface area contributed by atoms with Gasteiger partial charge in [-0.25, -0.2) is 4.98 Å². The van der Waals surface area contributed by atoms with Gasteiger partial charge < -0.3 is 9.47 Å². The number of ether oxygens (including phenoxy) is 2. The van der Waals surface area contributed by atoms with Crippen LogP contribution < -0.4 is 14.9 Å². The monoisotopic (exact) mass is 460 g/mol. The number of anilines is 1. The van der Waals surface area contributed by atoms with Crippen LogP contribution in [0.4, 0.5) is 10.8 Å². The molecule has 1 heterocycles. The predicted molar refractivity (Wildman–Crippen MR) is 129 cm³/mol. The quantitative estimate of drug-likeness (QED) is 0.194. The van der Waals surface area contributed by atoms with Crippen molar-refractivity contribution in [1.82, 2.24) is 4.98 Å². The lowest BCUT2D eigenvalue weighted by atomic mass is 10.1. The molecule has 3 aromatic carbocycles. The van der Waals surface area contributed by atoms with Crippen LogP contribution in [0.3, 0.4) is 0 Å². The van der Waals surface area contributed by atoms with Crippen molar-refractivity contribution in [2.45, 2.75) is 6.61 Å². The van der Waals surface area contributed by atoms with E-state index in [-0.39, 0.29) is 12.3 Å². The summed E-state index contributed by atoms with van der Waals surface area (Å²) in [5.41, 5.74) is 6.60. The molecule has 0 atom stereocenters. The number of thiazole rings is 1. The predicted octanol–water partition coefficient (Wildman–Crippen LogP) is 5.75. The van der Waals surface area contributed by atoms with Crippen LogP contribution in [0.25, 0.3) is 11.3 Å². The molecule has 1 aromatic heterocycles. The second kappa shape index (κ2) is 10.4. The van der Waals surface area contributed by atoms with E-state index in [1.165, 1.54) is 23.5 Å². The average Bonchev–Trinajstić information content (AvgIpc) is 3.32. The van der Waals surface area contributed by atoms with Crippen molar-refractivity contribution in [3.63, 3.8) is 0 Å². The van der Waals surface area contributed by atoms with E-state index in [2.05, 4.69) is 15.5 Å². The third-order valence-corrected chi connectivity index (χ3v) is 5.44. The van der Waals surface area contributed by atoms with Crippen molar-refractivity contribution >= 4 is 28.4 Å². The summed E-state index contributed by atoms with van der Waals surface area (Å²) in [6, 6.07) is 21.5. The lowest BCUT2D eigenvalue weighted by molar-refractivity contribution is -0.384. The highest BCUT2D eigenvalue weighted by molar-refractivity contribution is 7.14. The summed E-state index contributed by atoms with van der Waals surface area (Å²) in [5.74, 6) is 1.20. The topological polar surface area (TPSA) is 98.9 Å². The maximum Gasteiger partial charge on any atom is 0.269 e. The maximum atomic E-state index is 10.8. The van der Waals surface area contributed by atoms with Gasteiger partial charge in [0, 0.05) is 28.6 Å². The Labute approximate surface area is 194 Å². The molecule has 1 N–H and O–H groups in total. The summed E-state index contributed by atoms with van der Waals surface area (Å²) in [4.78, 5) is 14.9. The zero-order valence-corrected chi connectivity index (χ0v) is 18.5. The van der Waals surface area contributed by atoms with Gasteiger partial charge in [0.25, 0.3) is 5.69 Å². The van der Waals surface area contributed by atoms with E-state index in [1.807, 2.05) is 53.9 Å². The first-order valence-electron chi connectivity index (χ1n) is 9.96. The fraction of sp³-hybridized carbons (Fsp3) is 0.0833. The van der Waals surface area contributed by atoms with Crippen LogP contribution in [0.2, 0.25) is 0 Å². The minimum absolute atomic E-state index is 0.0155. The van der Waals surface area contributed by atoms with Crippen LogP contribution in [0, 0.1) is 10.1 Å². The Morgan fingerprint density at radius 2 is 1.91 bits per heavy atom. The molecule has 0 fully saturated rings. The zero-order valence-electron chi connectivity index (χ0n) is 17.7. The number of benzene rings is 3. The summed E-state index contributed by atoms with van der Waals surface area (Å²) < 4.78 is 11.2. The molecule has 0 aliphatic heterocycles. The molecule has 4 rings (SSSR count). The van der Waals surface area contributed by atoms with Gasteiger partial charge in [-0.2, -0.15) is 5.10 Å². The number of non-ortho nitro benzene ring substituents is 1. The number of nitro benzene ring substituents is 1. The van der Waals surface area contributed by atoms with Crippen LogP contribution in [0.5, 0.6) is 11.5 Å². The molecule has 33 heavy (non-hydrogen) atoms. The third kappa shape index (κ3) is 5.72. The van der Waals surface area contributed by atoms with E-state index in [0.717, 1.165) is 22.4 Å². The van der Waals surface area contributed by atoms with Gasteiger partial charge in [-0.05, 0) is 35.9 Å². The van der Waals surface area contributed by atoms with Gasteiger partial charge in [-0.15, -0.1) is 11.3 Å². The molecular formula is C24H20N4O4S. The first kappa shape index (κ1) is 22.0. The molecule has 8 nitrogen and oxygen atoms in total. The minimum Gasteiger partial charge on any atom is -0.496 e. The minimum atomic E-state index is -0.447. The van der Waals surface area contributed by atoms with Crippen molar-refractivity contribution in [1.29, 1.82) is 0 Å². The summed E-state index contributed by atoms with van der Waals surface area (Å²) in [7, 11) is 1.59. The molecule has 0 bridgehead atoms. The van der Waals surface area contributed by atoms with E-state index in [4.69, 9.17) is 9.47 Å². The number of rotatable bonds is 9. The Morgan fingerprint density at radius 1 is 1.12 bits per heavy atom. The van der Waals surface area contributed by atoms with Gasteiger partial charge in [0.15, 0.2) is 0 Å². The second-order valence-electron chi connectivity index (χ2n) is 6.88. The SMILES string of the molecule is COc1ccc(C=NNc2nc(-c3ccccc3)cs2)cc1COc1ccc([N+](=O)[O-])cc1. The van der Waals surface area contributed by atoms with E-state index >= 15 is 0 Å². The average molecular weight is 461 g/mol. The largest absolute Gasteiger partial charge is 0.496 e. The fourth-order valence-corrected chi connectivity index (χ4v) is 3.71. The molecule has 0 unspecified atom stereocenters. The number of aromatic nitrogens is 1. The van der Waals surface area contributed by atoms with Gasteiger partial charge in [-0.1, -0.05) is 30.3 Å². The van der Waals surface area contributed by atoms with Crippen molar-refractivity contribution in [3.05, 3.63) is 99.4 Å². The van der Waals surface area contributed by atoms with E-state index in [9.17, 15) is 10.1 Å². The second-order valence-corrected chi connectivity index (χ2v) is 7.74. The Hall–Kier alpha value is -4.24. The molecular weight excluding hydrogens is 440 g/mol. The highest BCUT2D eigenvalue weighted by Crippen LogP contribution is 2.25. The van der Waals surface area contributed by atoms with Crippen molar-refractivity contribution in [2.75, 3.05) is 12.5 Å². The highest BCUT2D eigenvalue weighted by atomic mass is 32.1. The molecule has 0 saturated carbocycles. The molecule has 0 aliphatic carbocycles. The molecule has 0 spiro atoms. The molecule has 9 heteroatoms. The fourth-order valence-electron chi connectivity index (χ4n) is 3.05. The number of nitrogens with zero attached hydrogens (tertiary/aromatic N) is 3. The van der Waals surface area contributed by atoms with E-state index in [1.54, 1.807) is 25.5 Å². The van der Waals surface area contributed by atoms with Crippen LogP contribution in [-0.4, -0.2) is 23.2 Å². The van der Waals surface area contributed by atoms with Gasteiger partial charge in [0.2, 0.25) is 5.13 Å². The highest BCUT2D eigenvalue weighted by Gasteiger charge is 2.08. The number of hydrogen-bond acceptors (Lipinski definition) is 8. The third-order valence-electron chi connectivity index (χ3n) is 4.69. The maximum absolute atomic E-state index is 10.8. The molecule has 0 radical (unpaired) electrons. The van der Waals surface area contributed by atoms with Gasteiger partial charge in [0.05, 0.1) is 23.9 Å². The molecule has 4 aromatic rings. The Morgan fingerprint density at radius 3 is 2.64 bits per heavy atom. The standard InChI is InChI=1S/C24H20N4O4S/c1-31-23-12-7-17(13-19(23)15-32-21-10-8-20(9-11-21)28(29)30)14-25-27-24-26-22(16-33-24)18-5-3-2-4-6-18/h2-14,16H,15H2,1H3,(H,26,27). The number of nitro groups is 1. The first-order valence-corrected chi connectivity index (χ1v) is 10.8. The smallest absolute Gasteiger partial charge is 0.269 e. The zero-order chi connectivity index (χ0) is 23.0. The summed E-state index contributed by atoms with van der Waals surface area (Å²) in [6.07, 6.45) is 1.69. The van der Waals surface area contributed by atoms with Gasteiger partial charge in [-0.3, -0.25) is 15.5 Å². The van der Waals surface area contributed by atoms with Crippen LogP contribution in [0.15, 0.2) is 83.3 Å². The van der Waals surface area contributed by atoms with Crippen LogP contribution in [0.1, 0.15) is 11.1 Å².